The Bertz CT molecular complexity index is 328. The third-order valence-electron chi connectivity index (χ3n) is 2.82. The Kier molecular flexibility index (Phi) is 5.94. The highest BCUT2D eigenvalue weighted by Crippen LogP contribution is 2.21. The summed E-state index contributed by atoms with van der Waals surface area (Å²) < 4.78 is 0. The molecule has 0 spiro atoms. The van der Waals surface area contributed by atoms with Gasteiger partial charge in [-0.05, 0) is 32.3 Å². The summed E-state index contributed by atoms with van der Waals surface area (Å²) in [6.45, 7) is 3.19. The zero-order chi connectivity index (χ0) is 12.7. The minimum atomic E-state index is -0.00130. The van der Waals surface area contributed by atoms with Gasteiger partial charge in [0.05, 0.1) is 0 Å². The van der Waals surface area contributed by atoms with Crippen LogP contribution in [0, 0.1) is 0 Å². The number of anilines is 1. The molecule has 17 heavy (non-hydrogen) atoms. The number of pyridine rings is 1. The van der Waals surface area contributed by atoms with E-state index in [1.807, 2.05) is 26.1 Å². The summed E-state index contributed by atoms with van der Waals surface area (Å²) in [7, 11) is 2.03. The molecule has 0 saturated heterocycles. The van der Waals surface area contributed by atoms with Crippen molar-refractivity contribution in [1.82, 2.24) is 4.98 Å². The number of unbranched alkanes of at least 4 members (excludes halogenated alkanes) is 2. The number of rotatable bonds is 7. The first-order chi connectivity index (χ1) is 8.16. The molecular formula is C13H23N3O. The quantitative estimate of drug-likeness (QED) is 0.709. The Labute approximate surface area is 103 Å². The van der Waals surface area contributed by atoms with Gasteiger partial charge in [0.25, 0.3) is 0 Å². The molecule has 0 radical (unpaired) electrons. The van der Waals surface area contributed by atoms with Gasteiger partial charge < -0.3 is 15.7 Å². The number of aliphatic hydroxyl groups excluding tert-OH is 1. The van der Waals surface area contributed by atoms with Gasteiger partial charge in [0, 0.05) is 38.0 Å². The van der Waals surface area contributed by atoms with Crippen LogP contribution < -0.4 is 10.6 Å². The van der Waals surface area contributed by atoms with Gasteiger partial charge >= 0.3 is 0 Å². The van der Waals surface area contributed by atoms with Crippen LogP contribution in [-0.2, 0) is 0 Å². The van der Waals surface area contributed by atoms with Crippen LogP contribution in [0.5, 0.6) is 0 Å². The van der Waals surface area contributed by atoms with Crippen molar-refractivity contribution in [3.8, 4) is 0 Å². The van der Waals surface area contributed by atoms with Crippen molar-refractivity contribution in [2.24, 2.45) is 5.73 Å². The lowest BCUT2D eigenvalue weighted by Gasteiger charge is -2.22. The second-order valence-corrected chi connectivity index (χ2v) is 4.41. The summed E-state index contributed by atoms with van der Waals surface area (Å²) in [5.41, 5.74) is 7.01. The highest BCUT2D eigenvalue weighted by Gasteiger charge is 2.10. The molecule has 4 nitrogen and oxygen atoms in total. The van der Waals surface area contributed by atoms with Crippen LogP contribution in [0.1, 0.15) is 37.8 Å². The van der Waals surface area contributed by atoms with Crippen LogP contribution >= 0.6 is 0 Å². The average molecular weight is 237 g/mol. The molecule has 0 aliphatic heterocycles. The van der Waals surface area contributed by atoms with Crippen molar-refractivity contribution < 1.29 is 5.11 Å². The summed E-state index contributed by atoms with van der Waals surface area (Å²) in [5, 5.41) is 8.72. The second kappa shape index (κ2) is 7.25. The number of aliphatic hydroxyl groups is 1. The minimum absolute atomic E-state index is 0.00130. The van der Waals surface area contributed by atoms with Crippen LogP contribution in [0.3, 0.4) is 0 Å². The molecule has 0 aliphatic rings. The molecule has 0 aromatic carbocycles. The minimum Gasteiger partial charge on any atom is -0.396 e. The predicted octanol–water partition coefficient (Wildman–Crippen LogP) is 1.70. The molecule has 1 atom stereocenters. The third kappa shape index (κ3) is 4.32. The SMILES string of the molecule is C[C@H](N)c1cccnc1N(C)CCCCCO. The van der Waals surface area contributed by atoms with Crippen molar-refractivity contribution >= 4 is 5.82 Å². The average Bonchev–Trinajstić information content (AvgIpc) is 2.34. The Morgan fingerprint density at radius 1 is 1.41 bits per heavy atom. The molecule has 4 heteroatoms. The zero-order valence-electron chi connectivity index (χ0n) is 10.8. The Hall–Kier alpha value is -1.13. The predicted molar refractivity (Wildman–Crippen MR) is 71.0 cm³/mol. The highest BCUT2D eigenvalue weighted by atomic mass is 16.2. The Morgan fingerprint density at radius 2 is 2.18 bits per heavy atom. The lowest BCUT2D eigenvalue weighted by molar-refractivity contribution is 0.283. The van der Waals surface area contributed by atoms with Gasteiger partial charge in [0.15, 0.2) is 0 Å². The summed E-state index contributed by atoms with van der Waals surface area (Å²) >= 11 is 0. The van der Waals surface area contributed by atoms with Gasteiger partial charge in [-0.3, -0.25) is 0 Å². The maximum Gasteiger partial charge on any atom is 0.133 e. The molecule has 0 aliphatic carbocycles. The molecular weight excluding hydrogens is 214 g/mol. The fraction of sp³-hybridized carbons (Fsp3) is 0.615. The van der Waals surface area contributed by atoms with E-state index in [9.17, 15) is 0 Å². The number of hydrogen-bond acceptors (Lipinski definition) is 4. The fourth-order valence-electron chi connectivity index (χ4n) is 1.83. The lowest BCUT2D eigenvalue weighted by Crippen LogP contribution is -2.23. The molecule has 1 aromatic heterocycles. The molecule has 0 amide bonds. The van der Waals surface area contributed by atoms with Gasteiger partial charge in [-0.1, -0.05) is 6.07 Å². The first-order valence-electron chi connectivity index (χ1n) is 6.19. The van der Waals surface area contributed by atoms with Crippen molar-refractivity contribution in [1.29, 1.82) is 0 Å². The van der Waals surface area contributed by atoms with Gasteiger partial charge in [0.1, 0.15) is 5.82 Å². The van der Waals surface area contributed by atoms with E-state index in [-0.39, 0.29) is 12.6 Å². The Morgan fingerprint density at radius 3 is 2.82 bits per heavy atom. The van der Waals surface area contributed by atoms with E-state index >= 15 is 0 Å². The summed E-state index contributed by atoms with van der Waals surface area (Å²) in [6, 6.07) is 3.94. The summed E-state index contributed by atoms with van der Waals surface area (Å²) in [4.78, 5) is 6.53. The lowest BCUT2D eigenvalue weighted by atomic mass is 10.1. The van der Waals surface area contributed by atoms with E-state index in [1.54, 1.807) is 6.20 Å². The molecule has 0 saturated carbocycles. The number of nitrogens with zero attached hydrogens (tertiary/aromatic N) is 2. The fourth-order valence-corrected chi connectivity index (χ4v) is 1.83. The summed E-state index contributed by atoms with van der Waals surface area (Å²) in [6.07, 6.45) is 4.77. The first-order valence-corrected chi connectivity index (χ1v) is 6.19. The largest absolute Gasteiger partial charge is 0.396 e. The molecule has 0 unspecified atom stereocenters. The smallest absolute Gasteiger partial charge is 0.133 e. The van der Waals surface area contributed by atoms with Crippen LogP contribution in [-0.4, -0.2) is 30.3 Å². The van der Waals surface area contributed by atoms with Crippen LogP contribution in [0.2, 0.25) is 0 Å². The van der Waals surface area contributed by atoms with E-state index in [0.717, 1.165) is 37.2 Å². The first kappa shape index (κ1) is 13.9. The van der Waals surface area contributed by atoms with Crippen molar-refractivity contribution in [3.63, 3.8) is 0 Å². The van der Waals surface area contributed by atoms with E-state index in [4.69, 9.17) is 10.8 Å². The van der Waals surface area contributed by atoms with Gasteiger partial charge in [-0.15, -0.1) is 0 Å². The maximum absolute atomic E-state index is 8.72. The number of aromatic nitrogens is 1. The summed E-state index contributed by atoms with van der Waals surface area (Å²) in [5.74, 6) is 0.964. The third-order valence-corrected chi connectivity index (χ3v) is 2.82. The highest BCUT2D eigenvalue weighted by molar-refractivity contribution is 5.47. The molecule has 1 heterocycles. The van der Waals surface area contributed by atoms with Crippen molar-refractivity contribution in [3.05, 3.63) is 23.9 Å². The Balaban J connectivity index is 2.58. The van der Waals surface area contributed by atoms with E-state index in [0.29, 0.717) is 0 Å². The van der Waals surface area contributed by atoms with Crippen LogP contribution in [0.4, 0.5) is 5.82 Å². The maximum atomic E-state index is 8.72. The zero-order valence-corrected chi connectivity index (χ0v) is 10.8. The van der Waals surface area contributed by atoms with Crippen molar-refractivity contribution in [2.75, 3.05) is 25.1 Å². The topological polar surface area (TPSA) is 62.4 Å². The van der Waals surface area contributed by atoms with Gasteiger partial charge in [-0.25, -0.2) is 4.98 Å². The standard InChI is InChI=1S/C13H23N3O/c1-11(14)12-7-6-8-15-13(12)16(2)9-4-3-5-10-17/h6-8,11,17H,3-5,9-10,14H2,1-2H3/t11-/m0/s1. The molecule has 1 aromatic rings. The number of hydrogen-bond donors (Lipinski definition) is 2. The van der Waals surface area contributed by atoms with Gasteiger partial charge in [-0.2, -0.15) is 0 Å². The second-order valence-electron chi connectivity index (χ2n) is 4.41. The molecule has 0 fully saturated rings. The molecule has 0 bridgehead atoms. The molecule has 3 N–H and O–H groups in total. The molecule has 1 rings (SSSR count). The monoisotopic (exact) mass is 237 g/mol. The van der Waals surface area contributed by atoms with Gasteiger partial charge in [0.2, 0.25) is 0 Å². The van der Waals surface area contributed by atoms with Crippen LogP contribution in [0.25, 0.3) is 0 Å². The molecule has 96 valence electrons. The van der Waals surface area contributed by atoms with E-state index < -0.39 is 0 Å². The van der Waals surface area contributed by atoms with Crippen LogP contribution in [0.15, 0.2) is 18.3 Å². The number of nitrogens with two attached hydrogens (primary N) is 1. The van der Waals surface area contributed by atoms with E-state index in [1.165, 1.54) is 0 Å². The van der Waals surface area contributed by atoms with E-state index in [2.05, 4.69) is 9.88 Å². The normalized spacial score (nSPS) is 12.5. The van der Waals surface area contributed by atoms with Crippen molar-refractivity contribution in [2.45, 2.75) is 32.2 Å².